The number of para-hydroxylation sites is 1. The first kappa shape index (κ1) is 18.6. The Morgan fingerprint density at radius 1 is 1.17 bits per heavy atom. The molecule has 8 nitrogen and oxygen atoms in total. The van der Waals surface area contributed by atoms with Crippen LogP contribution in [0.15, 0.2) is 59.3 Å². The Morgan fingerprint density at radius 3 is 2.87 bits per heavy atom. The Hall–Kier alpha value is -3.46. The summed E-state index contributed by atoms with van der Waals surface area (Å²) in [6.07, 6.45) is 2.07. The number of nitro groups is 1. The summed E-state index contributed by atoms with van der Waals surface area (Å²) < 4.78 is 6.55. The first-order chi connectivity index (χ1) is 14.6. The van der Waals surface area contributed by atoms with Crippen molar-refractivity contribution in [2.45, 2.75) is 13.0 Å². The van der Waals surface area contributed by atoms with Gasteiger partial charge in [-0.2, -0.15) is 4.98 Å². The van der Waals surface area contributed by atoms with Gasteiger partial charge >= 0.3 is 11.6 Å². The molecule has 0 spiro atoms. The molecular weight excluding hydrogens is 450 g/mol. The monoisotopic (exact) mass is 465 g/mol. The highest BCUT2D eigenvalue weighted by atomic mass is 79.9. The molecular formula is C21H16BrN5O3. The molecule has 4 aromatic rings. The van der Waals surface area contributed by atoms with Gasteiger partial charge in [-0.15, -0.1) is 0 Å². The Morgan fingerprint density at radius 2 is 2.03 bits per heavy atom. The third-order valence-electron chi connectivity index (χ3n) is 5.14. The molecule has 150 valence electrons. The lowest BCUT2D eigenvalue weighted by molar-refractivity contribution is -0.385. The van der Waals surface area contributed by atoms with Crippen molar-refractivity contribution < 1.29 is 9.66 Å². The number of halogens is 1. The summed E-state index contributed by atoms with van der Waals surface area (Å²) in [5.41, 5.74) is 3.13. The zero-order valence-electron chi connectivity index (χ0n) is 15.7. The number of fused-ring (bicyclic) bond motifs is 3. The zero-order valence-corrected chi connectivity index (χ0v) is 17.3. The summed E-state index contributed by atoms with van der Waals surface area (Å²) in [5, 5.41) is 13.1. The standard InChI is InChI=1S/C21H16BrN5O3/c22-13-4-3-5-14(10-13)30-21-19(27(28)29)20(23-12-24-21)26-9-8-16-15-6-1-2-7-17(15)25-18(16)11-26/h1-7,10,12,25H,8-9,11H2. The van der Waals surface area contributed by atoms with Gasteiger partial charge < -0.3 is 14.6 Å². The number of H-pyrrole nitrogens is 1. The smallest absolute Gasteiger partial charge is 0.373 e. The highest BCUT2D eigenvalue weighted by Crippen LogP contribution is 2.38. The van der Waals surface area contributed by atoms with E-state index in [2.05, 4.69) is 36.9 Å². The van der Waals surface area contributed by atoms with Gasteiger partial charge in [0.05, 0.1) is 11.5 Å². The molecule has 0 unspecified atom stereocenters. The number of benzene rings is 2. The second kappa shape index (κ2) is 7.42. The lowest BCUT2D eigenvalue weighted by Crippen LogP contribution is -2.31. The molecule has 2 aromatic heterocycles. The van der Waals surface area contributed by atoms with Gasteiger partial charge in [-0.05, 0) is 36.2 Å². The Labute approximate surface area is 179 Å². The van der Waals surface area contributed by atoms with Crippen molar-refractivity contribution in [1.29, 1.82) is 0 Å². The van der Waals surface area contributed by atoms with Crippen molar-refractivity contribution >= 4 is 38.3 Å². The maximum Gasteiger partial charge on any atom is 0.373 e. The maximum absolute atomic E-state index is 11.9. The average molecular weight is 466 g/mol. The van der Waals surface area contributed by atoms with Gasteiger partial charge in [-0.1, -0.05) is 40.2 Å². The summed E-state index contributed by atoms with van der Waals surface area (Å²) >= 11 is 3.37. The summed E-state index contributed by atoms with van der Waals surface area (Å²) in [7, 11) is 0. The fourth-order valence-electron chi connectivity index (χ4n) is 3.84. The van der Waals surface area contributed by atoms with E-state index in [1.165, 1.54) is 17.3 Å². The minimum atomic E-state index is -0.483. The second-order valence-corrected chi connectivity index (χ2v) is 7.88. The Kier molecular flexibility index (Phi) is 4.59. The number of hydrogen-bond donors (Lipinski definition) is 1. The van der Waals surface area contributed by atoms with Gasteiger partial charge in [0.1, 0.15) is 12.1 Å². The van der Waals surface area contributed by atoms with Crippen LogP contribution in [0.1, 0.15) is 11.3 Å². The van der Waals surface area contributed by atoms with E-state index in [1.54, 1.807) is 18.2 Å². The van der Waals surface area contributed by atoms with Crippen LogP contribution in [0.5, 0.6) is 11.6 Å². The molecule has 0 amide bonds. The normalized spacial score (nSPS) is 13.3. The molecule has 0 radical (unpaired) electrons. The number of nitrogens with zero attached hydrogens (tertiary/aromatic N) is 4. The number of aromatic nitrogens is 3. The van der Waals surface area contributed by atoms with Crippen LogP contribution >= 0.6 is 15.9 Å². The Balaban J connectivity index is 1.52. The molecule has 0 bridgehead atoms. The fraction of sp³-hybridized carbons (Fsp3) is 0.143. The molecule has 0 aliphatic carbocycles. The first-order valence-electron chi connectivity index (χ1n) is 9.36. The molecule has 0 saturated carbocycles. The van der Waals surface area contributed by atoms with Gasteiger partial charge in [0.15, 0.2) is 0 Å². The predicted molar refractivity (Wildman–Crippen MR) is 116 cm³/mol. The largest absolute Gasteiger partial charge is 0.434 e. The van der Waals surface area contributed by atoms with Crippen LogP contribution < -0.4 is 9.64 Å². The molecule has 9 heteroatoms. The number of ether oxygens (including phenoxy) is 1. The second-order valence-electron chi connectivity index (χ2n) is 6.97. The van der Waals surface area contributed by atoms with Crippen molar-refractivity contribution in [2.75, 3.05) is 11.4 Å². The third kappa shape index (κ3) is 3.26. The molecule has 1 N–H and O–H groups in total. The molecule has 2 aromatic carbocycles. The van der Waals surface area contributed by atoms with Crippen LogP contribution in [-0.2, 0) is 13.0 Å². The van der Waals surface area contributed by atoms with Gasteiger partial charge in [-0.3, -0.25) is 10.1 Å². The van der Waals surface area contributed by atoms with Gasteiger partial charge in [0, 0.05) is 27.6 Å². The quantitative estimate of drug-likeness (QED) is 0.337. The summed E-state index contributed by atoms with van der Waals surface area (Å²) in [6.45, 7) is 1.11. The topological polar surface area (TPSA) is 97.2 Å². The van der Waals surface area contributed by atoms with E-state index in [0.717, 1.165) is 22.1 Å². The minimum absolute atomic E-state index is 0.0782. The van der Waals surface area contributed by atoms with Crippen molar-refractivity contribution in [1.82, 2.24) is 15.0 Å². The number of hydrogen-bond acceptors (Lipinski definition) is 6. The highest BCUT2D eigenvalue weighted by Gasteiger charge is 2.31. The summed E-state index contributed by atoms with van der Waals surface area (Å²) in [5.74, 6) is 0.628. The van der Waals surface area contributed by atoms with E-state index >= 15 is 0 Å². The summed E-state index contributed by atoms with van der Waals surface area (Å²) in [6, 6.07) is 15.2. The molecule has 0 saturated heterocycles. The zero-order chi connectivity index (χ0) is 20.7. The molecule has 1 aliphatic rings. The molecule has 1 aliphatic heterocycles. The van der Waals surface area contributed by atoms with Crippen LogP contribution in [0.3, 0.4) is 0 Å². The molecule has 30 heavy (non-hydrogen) atoms. The van der Waals surface area contributed by atoms with Crippen LogP contribution in [0, 0.1) is 10.1 Å². The Bertz CT molecular complexity index is 1270. The van der Waals surface area contributed by atoms with Crippen molar-refractivity contribution in [3.63, 3.8) is 0 Å². The first-order valence-corrected chi connectivity index (χ1v) is 10.2. The molecule has 0 fully saturated rings. The van der Waals surface area contributed by atoms with E-state index in [-0.39, 0.29) is 17.4 Å². The fourth-order valence-corrected chi connectivity index (χ4v) is 4.21. The number of rotatable bonds is 4. The lowest BCUT2D eigenvalue weighted by atomic mass is 10.0. The highest BCUT2D eigenvalue weighted by molar-refractivity contribution is 9.10. The van der Waals surface area contributed by atoms with E-state index in [0.29, 0.717) is 18.8 Å². The van der Waals surface area contributed by atoms with Gasteiger partial charge in [0.2, 0.25) is 5.82 Å². The van der Waals surface area contributed by atoms with Gasteiger partial charge in [-0.25, -0.2) is 4.98 Å². The SMILES string of the molecule is O=[N+]([O-])c1c(Oc2cccc(Br)c2)ncnc1N1CCc2c([nH]c3ccccc23)C1. The number of aromatic amines is 1. The van der Waals surface area contributed by atoms with E-state index in [4.69, 9.17) is 4.74 Å². The van der Waals surface area contributed by atoms with Gasteiger partial charge in [0.25, 0.3) is 0 Å². The van der Waals surface area contributed by atoms with Crippen LogP contribution in [0.25, 0.3) is 10.9 Å². The van der Waals surface area contributed by atoms with Crippen molar-refractivity contribution in [2.24, 2.45) is 0 Å². The van der Waals surface area contributed by atoms with Crippen molar-refractivity contribution in [3.8, 4) is 11.6 Å². The average Bonchev–Trinajstić information content (AvgIpc) is 3.11. The summed E-state index contributed by atoms with van der Waals surface area (Å²) in [4.78, 5) is 25.1. The molecule has 0 atom stereocenters. The van der Waals surface area contributed by atoms with Crippen LogP contribution in [0.2, 0.25) is 0 Å². The minimum Gasteiger partial charge on any atom is -0.434 e. The van der Waals surface area contributed by atoms with E-state index in [1.807, 2.05) is 29.2 Å². The number of nitrogens with one attached hydrogen (secondary N) is 1. The van der Waals surface area contributed by atoms with Crippen LogP contribution in [0.4, 0.5) is 11.5 Å². The number of anilines is 1. The van der Waals surface area contributed by atoms with E-state index in [9.17, 15) is 10.1 Å². The molecule has 5 rings (SSSR count). The third-order valence-corrected chi connectivity index (χ3v) is 5.64. The lowest BCUT2D eigenvalue weighted by Gasteiger charge is -2.27. The predicted octanol–water partition coefficient (Wildman–Crippen LogP) is 4.98. The van der Waals surface area contributed by atoms with E-state index < -0.39 is 4.92 Å². The maximum atomic E-state index is 11.9. The molecule has 3 heterocycles. The van der Waals surface area contributed by atoms with Crippen molar-refractivity contribution in [3.05, 3.63) is 80.7 Å². The van der Waals surface area contributed by atoms with Crippen LogP contribution in [-0.4, -0.2) is 26.4 Å².